The van der Waals surface area contributed by atoms with E-state index < -0.39 is 0 Å². The number of piperidine rings is 3. The lowest BCUT2D eigenvalue weighted by molar-refractivity contribution is -0.0742. The lowest BCUT2D eigenvalue weighted by Crippen LogP contribution is -2.63. The number of likely N-dealkylation sites (tertiary alicyclic amines) is 1. The number of rotatable bonds is 4. The molecule has 2 bridgehead atoms. The summed E-state index contributed by atoms with van der Waals surface area (Å²) in [5, 5.41) is 8.18. The highest BCUT2D eigenvalue weighted by atomic mass is 19.1. The van der Waals surface area contributed by atoms with Crippen molar-refractivity contribution in [2.45, 2.75) is 57.7 Å². The first kappa shape index (κ1) is 18.3. The highest BCUT2D eigenvalue weighted by Crippen LogP contribution is 2.42. The van der Waals surface area contributed by atoms with E-state index in [1.807, 2.05) is 13.0 Å². The van der Waals surface area contributed by atoms with Gasteiger partial charge in [-0.3, -0.25) is 9.80 Å². The Labute approximate surface area is 165 Å². The molecule has 1 aromatic heterocycles. The molecule has 3 aliphatic rings. The maximum absolute atomic E-state index is 13.8. The highest BCUT2D eigenvalue weighted by molar-refractivity contribution is 5.19. The molecule has 0 amide bonds. The van der Waals surface area contributed by atoms with Crippen molar-refractivity contribution >= 4 is 0 Å². The number of aromatic nitrogens is 2. The third kappa shape index (κ3) is 3.60. The first-order valence-corrected chi connectivity index (χ1v) is 10.7. The van der Waals surface area contributed by atoms with Gasteiger partial charge in [0.1, 0.15) is 5.82 Å². The van der Waals surface area contributed by atoms with E-state index >= 15 is 0 Å². The van der Waals surface area contributed by atoms with Gasteiger partial charge in [-0.25, -0.2) is 4.39 Å². The molecule has 3 fully saturated rings. The molecule has 2 aromatic rings. The first-order valence-electron chi connectivity index (χ1n) is 10.7. The van der Waals surface area contributed by atoms with Crippen LogP contribution in [-0.2, 0) is 13.0 Å². The molecule has 0 radical (unpaired) electrons. The molecule has 0 unspecified atom stereocenters. The predicted octanol–water partition coefficient (Wildman–Crippen LogP) is 3.43. The van der Waals surface area contributed by atoms with Gasteiger partial charge in [-0.2, -0.15) is 0 Å². The molecule has 5 nitrogen and oxygen atoms in total. The van der Waals surface area contributed by atoms with Crippen LogP contribution in [0.15, 0.2) is 28.7 Å². The Morgan fingerprint density at radius 1 is 1.18 bits per heavy atom. The summed E-state index contributed by atoms with van der Waals surface area (Å²) in [6.45, 7) is 5.96. The lowest BCUT2D eigenvalue weighted by Gasteiger charge is -2.57. The molecular formula is C22H29FN4O. The average molecular weight is 384 g/mol. The predicted molar refractivity (Wildman–Crippen MR) is 104 cm³/mol. The van der Waals surface area contributed by atoms with Crippen LogP contribution in [0.4, 0.5) is 4.39 Å². The van der Waals surface area contributed by atoms with Crippen molar-refractivity contribution in [3.05, 3.63) is 47.4 Å². The maximum atomic E-state index is 13.8. The maximum Gasteiger partial charge on any atom is 0.230 e. The van der Waals surface area contributed by atoms with E-state index in [0.717, 1.165) is 37.5 Å². The molecule has 6 heteroatoms. The summed E-state index contributed by atoms with van der Waals surface area (Å²) in [4.78, 5) is 5.29. The van der Waals surface area contributed by atoms with Crippen molar-refractivity contribution in [2.24, 2.45) is 11.8 Å². The van der Waals surface area contributed by atoms with Crippen LogP contribution in [-0.4, -0.2) is 51.7 Å². The fourth-order valence-corrected chi connectivity index (χ4v) is 5.91. The summed E-state index contributed by atoms with van der Waals surface area (Å²) in [5.74, 6) is 2.56. The minimum absolute atomic E-state index is 0.126. The van der Waals surface area contributed by atoms with Crippen molar-refractivity contribution in [3.8, 4) is 0 Å². The second kappa shape index (κ2) is 7.56. The zero-order valence-corrected chi connectivity index (χ0v) is 16.6. The third-order valence-electron chi connectivity index (χ3n) is 6.96. The minimum atomic E-state index is -0.126. The summed E-state index contributed by atoms with van der Waals surface area (Å²) >= 11 is 0. The summed E-state index contributed by atoms with van der Waals surface area (Å²) in [6, 6.07) is 8.34. The van der Waals surface area contributed by atoms with E-state index in [-0.39, 0.29) is 5.82 Å². The van der Waals surface area contributed by atoms with Gasteiger partial charge in [-0.05, 0) is 61.8 Å². The summed E-state index contributed by atoms with van der Waals surface area (Å²) in [5.41, 5.74) is 1.12. The molecule has 0 spiro atoms. The van der Waals surface area contributed by atoms with E-state index in [1.165, 1.54) is 32.2 Å². The quantitative estimate of drug-likeness (QED) is 0.808. The van der Waals surface area contributed by atoms with Gasteiger partial charge in [0.15, 0.2) is 0 Å². The van der Waals surface area contributed by atoms with Gasteiger partial charge >= 0.3 is 0 Å². The van der Waals surface area contributed by atoms with Crippen molar-refractivity contribution in [2.75, 3.05) is 19.6 Å². The molecule has 4 atom stereocenters. The van der Waals surface area contributed by atoms with Crippen LogP contribution >= 0.6 is 0 Å². The molecule has 3 saturated heterocycles. The Balaban J connectivity index is 1.38. The fourth-order valence-electron chi connectivity index (χ4n) is 5.91. The van der Waals surface area contributed by atoms with Gasteiger partial charge < -0.3 is 4.42 Å². The topological polar surface area (TPSA) is 45.4 Å². The van der Waals surface area contributed by atoms with Crippen LogP contribution in [0.25, 0.3) is 0 Å². The van der Waals surface area contributed by atoms with Crippen LogP contribution in [0.1, 0.15) is 43.0 Å². The van der Waals surface area contributed by atoms with Crippen molar-refractivity contribution in [1.82, 2.24) is 20.0 Å². The summed E-state index contributed by atoms with van der Waals surface area (Å²) < 4.78 is 19.4. The molecule has 28 heavy (non-hydrogen) atoms. The van der Waals surface area contributed by atoms with Crippen LogP contribution in [0.5, 0.6) is 0 Å². The first-order chi connectivity index (χ1) is 13.7. The normalized spacial score (nSPS) is 30.9. The number of aryl methyl sites for hydroxylation is 1. The van der Waals surface area contributed by atoms with E-state index in [4.69, 9.17) is 4.42 Å². The van der Waals surface area contributed by atoms with Crippen LogP contribution in [0.3, 0.4) is 0 Å². The number of hydrogen-bond acceptors (Lipinski definition) is 5. The lowest BCUT2D eigenvalue weighted by atomic mass is 9.71. The molecule has 3 aliphatic heterocycles. The highest BCUT2D eigenvalue weighted by Gasteiger charge is 2.47. The molecule has 0 saturated carbocycles. The molecule has 150 valence electrons. The molecular weight excluding hydrogens is 355 g/mol. The number of benzene rings is 1. The standard InChI is InChI=1S/C22H29FN4O/c1-15-24-25-22(28-15)14-26-12-17-11-18(13-26)21(27-8-3-2-7-20(17)27)10-16-5-4-6-19(23)9-16/h4-6,9,17-18,20-21H,2-3,7-8,10-14H2,1H3/t17-,18+,20+,21+/m1/s1. The largest absolute Gasteiger partial charge is 0.424 e. The minimum Gasteiger partial charge on any atom is -0.424 e. The number of nitrogens with zero attached hydrogens (tertiary/aromatic N) is 4. The Morgan fingerprint density at radius 3 is 2.89 bits per heavy atom. The Kier molecular flexibility index (Phi) is 4.93. The van der Waals surface area contributed by atoms with Gasteiger partial charge in [0, 0.05) is 32.1 Å². The number of halogens is 1. The van der Waals surface area contributed by atoms with E-state index in [2.05, 4.69) is 26.1 Å². The summed E-state index contributed by atoms with van der Waals surface area (Å²) in [7, 11) is 0. The van der Waals surface area contributed by atoms with E-state index in [9.17, 15) is 4.39 Å². The second-order valence-corrected chi connectivity index (χ2v) is 8.87. The van der Waals surface area contributed by atoms with Gasteiger partial charge in [-0.1, -0.05) is 18.6 Å². The monoisotopic (exact) mass is 384 g/mol. The summed E-state index contributed by atoms with van der Waals surface area (Å²) in [6.07, 6.45) is 6.16. The van der Waals surface area contributed by atoms with Crippen molar-refractivity contribution in [1.29, 1.82) is 0 Å². The van der Waals surface area contributed by atoms with E-state index in [1.54, 1.807) is 12.1 Å². The second-order valence-electron chi connectivity index (χ2n) is 8.87. The SMILES string of the molecule is Cc1nnc(CN2C[C@H]3C[C@@H](C2)[C@H](Cc2cccc(F)c2)N2CCCC[C@@H]32)o1. The van der Waals surface area contributed by atoms with Gasteiger partial charge in [-0.15, -0.1) is 10.2 Å². The van der Waals surface area contributed by atoms with Crippen LogP contribution in [0, 0.1) is 24.6 Å². The van der Waals surface area contributed by atoms with Gasteiger partial charge in [0.2, 0.25) is 11.8 Å². The molecule has 4 heterocycles. The fraction of sp³-hybridized carbons (Fsp3) is 0.636. The Morgan fingerprint density at radius 2 is 2.07 bits per heavy atom. The van der Waals surface area contributed by atoms with Crippen molar-refractivity contribution in [3.63, 3.8) is 0 Å². The zero-order valence-electron chi connectivity index (χ0n) is 16.6. The number of fused-ring (bicyclic) bond motifs is 4. The Bertz CT molecular complexity index is 824. The van der Waals surface area contributed by atoms with Crippen LogP contribution < -0.4 is 0 Å². The molecule has 0 aliphatic carbocycles. The number of hydrogen-bond donors (Lipinski definition) is 0. The van der Waals surface area contributed by atoms with Crippen LogP contribution in [0.2, 0.25) is 0 Å². The smallest absolute Gasteiger partial charge is 0.230 e. The van der Waals surface area contributed by atoms with Gasteiger partial charge in [0.05, 0.1) is 6.54 Å². The molecule has 5 rings (SSSR count). The average Bonchev–Trinajstić information content (AvgIpc) is 3.10. The molecule has 0 N–H and O–H groups in total. The Hall–Kier alpha value is -1.79. The van der Waals surface area contributed by atoms with Gasteiger partial charge in [0.25, 0.3) is 0 Å². The van der Waals surface area contributed by atoms with Crippen molar-refractivity contribution < 1.29 is 8.81 Å². The molecule has 1 aromatic carbocycles. The van der Waals surface area contributed by atoms with E-state index in [0.29, 0.717) is 29.8 Å². The third-order valence-corrected chi connectivity index (χ3v) is 6.96. The zero-order chi connectivity index (χ0) is 19.1.